The van der Waals surface area contributed by atoms with Crippen LogP contribution in [0.1, 0.15) is 16.8 Å². The van der Waals surface area contributed by atoms with Gasteiger partial charge in [0.15, 0.2) is 0 Å². The van der Waals surface area contributed by atoms with Crippen LogP contribution >= 0.6 is 15.9 Å². The Hall–Kier alpha value is -3.03. The van der Waals surface area contributed by atoms with Crippen LogP contribution in [0.3, 0.4) is 0 Å². The van der Waals surface area contributed by atoms with E-state index in [1.54, 1.807) is 30.3 Å². The first-order chi connectivity index (χ1) is 13.5. The molecule has 0 aliphatic carbocycles. The van der Waals surface area contributed by atoms with Gasteiger partial charge < -0.3 is 0 Å². The van der Waals surface area contributed by atoms with Gasteiger partial charge in [0.25, 0.3) is 11.8 Å². The first kappa shape index (κ1) is 18.3. The molecule has 1 unspecified atom stereocenters. The van der Waals surface area contributed by atoms with Gasteiger partial charge in [0.1, 0.15) is 6.04 Å². The Bertz CT molecular complexity index is 1080. The monoisotopic (exact) mass is 437 g/mol. The molecule has 1 fully saturated rings. The van der Waals surface area contributed by atoms with Crippen LogP contribution < -0.4 is 15.8 Å². The van der Waals surface area contributed by atoms with Gasteiger partial charge in [0, 0.05) is 15.4 Å². The summed E-state index contributed by atoms with van der Waals surface area (Å²) in [5.74, 6) is -1.08. The molecule has 1 saturated heterocycles. The van der Waals surface area contributed by atoms with E-state index in [2.05, 4.69) is 26.8 Å². The first-order valence-electron chi connectivity index (χ1n) is 8.70. The van der Waals surface area contributed by atoms with Gasteiger partial charge in [-0.25, -0.2) is 10.3 Å². The van der Waals surface area contributed by atoms with Gasteiger partial charge in [-0.1, -0.05) is 52.3 Å². The van der Waals surface area contributed by atoms with Crippen molar-refractivity contribution in [3.63, 3.8) is 0 Å². The molecule has 1 atom stereocenters. The molecule has 140 valence electrons. The SMILES string of the molecule is O=C(NNC1CC(=O)N(c2cccc3ccccc23)C1=O)c1ccc(Br)cc1. The number of hydrogen-bond donors (Lipinski definition) is 2. The van der Waals surface area contributed by atoms with Crippen molar-refractivity contribution < 1.29 is 14.4 Å². The van der Waals surface area contributed by atoms with Crippen LogP contribution in [0, 0.1) is 0 Å². The summed E-state index contributed by atoms with van der Waals surface area (Å²) in [6.07, 6.45) is -0.0251. The molecule has 3 aromatic rings. The number of nitrogens with zero attached hydrogens (tertiary/aromatic N) is 1. The molecule has 2 N–H and O–H groups in total. The zero-order valence-corrected chi connectivity index (χ0v) is 16.3. The predicted octanol–water partition coefficient (Wildman–Crippen LogP) is 3.17. The van der Waals surface area contributed by atoms with Crippen molar-refractivity contribution >= 4 is 50.1 Å². The van der Waals surface area contributed by atoms with E-state index >= 15 is 0 Å². The number of carbonyl (C=O) groups is 3. The molecule has 3 aromatic carbocycles. The summed E-state index contributed by atoms with van der Waals surface area (Å²) in [6, 6.07) is 19.1. The number of hydrogen-bond acceptors (Lipinski definition) is 4. The molecule has 0 bridgehead atoms. The number of anilines is 1. The smallest absolute Gasteiger partial charge is 0.265 e. The van der Waals surface area contributed by atoms with Gasteiger partial charge in [0.2, 0.25) is 5.91 Å². The van der Waals surface area contributed by atoms with Gasteiger partial charge in [-0.2, -0.15) is 0 Å². The number of benzene rings is 3. The Morgan fingerprint density at radius 3 is 2.46 bits per heavy atom. The number of nitrogens with one attached hydrogen (secondary N) is 2. The lowest BCUT2D eigenvalue weighted by Crippen LogP contribution is -2.48. The normalized spacial score (nSPS) is 16.6. The average molecular weight is 438 g/mol. The number of hydrazine groups is 1. The molecule has 0 spiro atoms. The summed E-state index contributed by atoms with van der Waals surface area (Å²) in [7, 11) is 0. The van der Waals surface area contributed by atoms with Gasteiger partial charge in [-0.05, 0) is 35.7 Å². The topological polar surface area (TPSA) is 78.5 Å². The molecule has 6 nitrogen and oxygen atoms in total. The molecular weight excluding hydrogens is 422 g/mol. The second-order valence-electron chi connectivity index (χ2n) is 6.43. The Morgan fingerprint density at radius 2 is 1.68 bits per heavy atom. The zero-order valence-electron chi connectivity index (χ0n) is 14.7. The summed E-state index contributed by atoms with van der Waals surface area (Å²) in [4.78, 5) is 38.8. The lowest BCUT2D eigenvalue weighted by Gasteiger charge is -2.18. The van der Waals surface area contributed by atoms with E-state index in [-0.39, 0.29) is 18.2 Å². The maximum absolute atomic E-state index is 12.8. The van der Waals surface area contributed by atoms with Crippen LogP contribution in [0.25, 0.3) is 10.8 Å². The van der Waals surface area contributed by atoms with Crippen molar-refractivity contribution in [3.8, 4) is 0 Å². The number of fused-ring (bicyclic) bond motifs is 1. The highest BCUT2D eigenvalue weighted by Gasteiger charge is 2.40. The minimum atomic E-state index is -0.814. The van der Waals surface area contributed by atoms with E-state index in [9.17, 15) is 14.4 Å². The van der Waals surface area contributed by atoms with Gasteiger partial charge in [-0.15, -0.1) is 0 Å². The van der Waals surface area contributed by atoms with Crippen LogP contribution in [0.5, 0.6) is 0 Å². The fourth-order valence-corrected chi connectivity index (χ4v) is 3.49. The fourth-order valence-electron chi connectivity index (χ4n) is 3.23. The maximum atomic E-state index is 12.8. The minimum absolute atomic E-state index is 0.0251. The Morgan fingerprint density at radius 1 is 0.964 bits per heavy atom. The minimum Gasteiger partial charge on any atom is -0.287 e. The molecule has 28 heavy (non-hydrogen) atoms. The lowest BCUT2D eigenvalue weighted by atomic mass is 10.1. The maximum Gasteiger partial charge on any atom is 0.265 e. The highest BCUT2D eigenvalue weighted by atomic mass is 79.9. The molecule has 3 amide bonds. The van der Waals surface area contributed by atoms with Gasteiger partial charge in [0.05, 0.1) is 12.1 Å². The van der Waals surface area contributed by atoms with E-state index < -0.39 is 11.9 Å². The molecule has 0 radical (unpaired) electrons. The molecule has 1 heterocycles. The summed E-state index contributed by atoms with van der Waals surface area (Å²) < 4.78 is 0.860. The molecule has 7 heteroatoms. The molecule has 0 saturated carbocycles. The highest BCUT2D eigenvalue weighted by molar-refractivity contribution is 9.10. The zero-order chi connectivity index (χ0) is 19.7. The summed E-state index contributed by atoms with van der Waals surface area (Å²) in [5.41, 5.74) is 6.21. The second-order valence-corrected chi connectivity index (χ2v) is 7.34. The van der Waals surface area contributed by atoms with Crippen LogP contribution in [0.15, 0.2) is 71.2 Å². The molecule has 1 aliphatic rings. The van der Waals surface area contributed by atoms with Gasteiger partial charge >= 0.3 is 0 Å². The van der Waals surface area contributed by atoms with Crippen molar-refractivity contribution in [2.75, 3.05) is 4.90 Å². The number of imide groups is 1. The second kappa shape index (κ2) is 7.53. The number of carbonyl (C=O) groups excluding carboxylic acids is 3. The quantitative estimate of drug-likeness (QED) is 0.485. The molecule has 1 aliphatic heterocycles. The van der Waals surface area contributed by atoms with Crippen molar-refractivity contribution in [1.29, 1.82) is 0 Å². The fraction of sp³-hybridized carbons (Fsp3) is 0.0952. The number of rotatable bonds is 4. The highest BCUT2D eigenvalue weighted by Crippen LogP contribution is 2.30. The van der Waals surface area contributed by atoms with Crippen LogP contribution in [0.4, 0.5) is 5.69 Å². The van der Waals surface area contributed by atoms with E-state index in [1.807, 2.05) is 36.4 Å². The third-order valence-electron chi connectivity index (χ3n) is 4.62. The molecule has 0 aromatic heterocycles. The van der Waals surface area contributed by atoms with Crippen LogP contribution in [-0.2, 0) is 9.59 Å². The van der Waals surface area contributed by atoms with E-state index in [1.165, 1.54) is 4.90 Å². The predicted molar refractivity (Wildman–Crippen MR) is 110 cm³/mol. The Balaban J connectivity index is 1.51. The average Bonchev–Trinajstić information content (AvgIpc) is 2.99. The van der Waals surface area contributed by atoms with E-state index in [0.717, 1.165) is 15.2 Å². The first-order valence-corrected chi connectivity index (χ1v) is 9.50. The van der Waals surface area contributed by atoms with Crippen molar-refractivity contribution in [2.24, 2.45) is 0 Å². The molecular formula is C21H16BrN3O3. The lowest BCUT2D eigenvalue weighted by molar-refractivity contribution is -0.121. The number of amides is 3. The van der Waals surface area contributed by atoms with Crippen LogP contribution in [-0.4, -0.2) is 23.8 Å². The largest absolute Gasteiger partial charge is 0.287 e. The Kier molecular flexibility index (Phi) is 4.93. The number of halogens is 1. The standard InChI is InChI=1S/C21H16BrN3O3/c22-15-10-8-14(9-11-15)20(27)24-23-17-12-19(26)25(21(17)28)18-7-3-5-13-4-1-2-6-16(13)18/h1-11,17,23H,12H2,(H,24,27). The van der Waals surface area contributed by atoms with Gasteiger partial charge in [-0.3, -0.25) is 19.8 Å². The summed E-state index contributed by atoms with van der Waals surface area (Å²) in [6.45, 7) is 0. The van der Waals surface area contributed by atoms with Crippen molar-refractivity contribution in [1.82, 2.24) is 10.9 Å². The third kappa shape index (κ3) is 3.42. The third-order valence-corrected chi connectivity index (χ3v) is 5.15. The Labute approximate surface area is 169 Å². The van der Waals surface area contributed by atoms with Crippen molar-refractivity contribution in [3.05, 3.63) is 76.8 Å². The van der Waals surface area contributed by atoms with Crippen molar-refractivity contribution in [2.45, 2.75) is 12.5 Å². The summed E-state index contributed by atoms with van der Waals surface area (Å²) in [5, 5.41) is 1.77. The van der Waals surface area contributed by atoms with E-state index in [4.69, 9.17) is 0 Å². The van der Waals surface area contributed by atoms with Crippen LogP contribution in [0.2, 0.25) is 0 Å². The molecule has 4 rings (SSSR count). The van der Waals surface area contributed by atoms with E-state index in [0.29, 0.717) is 11.3 Å². The summed E-state index contributed by atoms with van der Waals surface area (Å²) >= 11 is 3.31.